The van der Waals surface area contributed by atoms with Crippen LogP contribution in [0.5, 0.6) is 0 Å². The molecule has 4 heteroatoms. The van der Waals surface area contributed by atoms with Crippen LogP contribution < -0.4 is 16.8 Å². The van der Waals surface area contributed by atoms with Crippen LogP contribution in [0, 0.1) is 0 Å². The number of nitrogens with one attached hydrogen (secondary N) is 1. The summed E-state index contributed by atoms with van der Waals surface area (Å²) in [4.78, 5) is 2.04. The Balaban J connectivity index is 3.16. The van der Waals surface area contributed by atoms with Crippen molar-refractivity contribution >= 4 is 0 Å². The number of nitrogens with two attached hydrogens (primary N) is 2. The normalized spacial score (nSPS) is 14.1. The second-order valence-corrected chi connectivity index (χ2v) is 2.61. The molecule has 0 spiro atoms. The Bertz CT molecular complexity index is 74.1. The SMILES string of the molecule is CN(C)CC(N)NCCN. The highest BCUT2D eigenvalue weighted by Gasteiger charge is 1.99. The van der Waals surface area contributed by atoms with Crippen molar-refractivity contribution in [1.82, 2.24) is 10.2 Å². The minimum absolute atomic E-state index is 0.0403. The number of likely N-dealkylation sites (N-methyl/N-ethyl adjacent to an activating group) is 1. The maximum absolute atomic E-state index is 5.65. The van der Waals surface area contributed by atoms with Crippen molar-refractivity contribution in [2.75, 3.05) is 33.7 Å². The summed E-state index contributed by atoms with van der Waals surface area (Å²) in [6.45, 7) is 2.27. The van der Waals surface area contributed by atoms with Gasteiger partial charge in [-0.15, -0.1) is 0 Å². The second kappa shape index (κ2) is 5.61. The topological polar surface area (TPSA) is 67.3 Å². The van der Waals surface area contributed by atoms with Crippen LogP contribution in [0.2, 0.25) is 0 Å². The molecular formula is C6H18N4. The molecule has 4 nitrogen and oxygen atoms in total. The average Bonchev–Trinajstić information content (AvgIpc) is 1.82. The molecule has 0 rings (SSSR count). The number of nitrogens with zero attached hydrogens (tertiary/aromatic N) is 1. The Kier molecular flexibility index (Phi) is 5.52. The van der Waals surface area contributed by atoms with Crippen molar-refractivity contribution in [3.05, 3.63) is 0 Å². The average molecular weight is 146 g/mol. The fraction of sp³-hybridized carbons (Fsp3) is 1.00. The first kappa shape index (κ1) is 9.84. The fourth-order valence-corrected chi connectivity index (χ4v) is 0.727. The van der Waals surface area contributed by atoms with Crippen LogP contribution >= 0.6 is 0 Å². The van der Waals surface area contributed by atoms with E-state index in [0.717, 1.165) is 13.1 Å². The zero-order chi connectivity index (χ0) is 7.98. The van der Waals surface area contributed by atoms with E-state index in [4.69, 9.17) is 11.5 Å². The lowest BCUT2D eigenvalue weighted by atomic mass is 10.4. The van der Waals surface area contributed by atoms with Crippen molar-refractivity contribution in [3.8, 4) is 0 Å². The van der Waals surface area contributed by atoms with E-state index in [1.54, 1.807) is 0 Å². The molecule has 0 bridgehead atoms. The molecule has 0 saturated carbocycles. The highest BCUT2D eigenvalue weighted by Crippen LogP contribution is 1.75. The lowest BCUT2D eigenvalue weighted by Crippen LogP contribution is -2.46. The fourth-order valence-electron chi connectivity index (χ4n) is 0.727. The highest BCUT2D eigenvalue weighted by molar-refractivity contribution is 4.61. The van der Waals surface area contributed by atoms with E-state index in [0.29, 0.717) is 6.54 Å². The molecule has 0 aliphatic heterocycles. The van der Waals surface area contributed by atoms with Crippen LogP contribution in [0.3, 0.4) is 0 Å². The molecule has 10 heavy (non-hydrogen) atoms. The van der Waals surface area contributed by atoms with E-state index in [2.05, 4.69) is 5.32 Å². The third kappa shape index (κ3) is 5.97. The highest BCUT2D eigenvalue weighted by atomic mass is 15.1. The summed E-state index contributed by atoms with van der Waals surface area (Å²) in [7, 11) is 3.98. The third-order valence-electron chi connectivity index (χ3n) is 1.11. The van der Waals surface area contributed by atoms with E-state index >= 15 is 0 Å². The van der Waals surface area contributed by atoms with Crippen LogP contribution in [-0.4, -0.2) is 44.8 Å². The van der Waals surface area contributed by atoms with Gasteiger partial charge in [0.25, 0.3) is 0 Å². The van der Waals surface area contributed by atoms with Gasteiger partial charge in [0.05, 0.1) is 6.17 Å². The van der Waals surface area contributed by atoms with Crippen LogP contribution in [0.1, 0.15) is 0 Å². The first-order valence-corrected chi connectivity index (χ1v) is 3.50. The Morgan fingerprint density at radius 1 is 1.50 bits per heavy atom. The Labute approximate surface area is 62.6 Å². The van der Waals surface area contributed by atoms with Crippen LogP contribution in [-0.2, 0) is 0 Å². The summed E-state index contributed by atoms with van der Waals surface area (Å²) in [6.07, 6.45) is 0.0403. The smallest absolute Gasteiger partial charge is 0.0677 e. The third-order valence-corrected chi connectivity index (χ3v) is 1.11. The van der Waals surface area contributed by atoms with Gasteiger partial charge in [-0.3, -0.25) is 5.32 Å². The predicted octanol–water partition coefficient (Wildman–Crippen LogP) is -1.62. The van der Waals surface area contributed by atoms with Gasteiger partial charge in [0.1, 0.15) is 0 Å². The molecule has 0 aromatic rings. The van der Waals surface area contributed by atoms with Gasteiger partial charge < -0.3 is 16.4 Å². The molecule has 1 atom stereocenters. The molecule has 0 aromatic heterocycles. The van der Waals surface area contributed by atoms with Gasteiger partial charge in [-0.05, 0) is 14.1 Å². The van der Waals surface area contributed by atoms with Crippen molar-refractivity contribution in [3.63, 3.8) is 0 Å². The molecule has 0 heterocycles. The standard InChI is InChI=1S/C6H18N4/c1-10(2)5-6(8)9-4-3-7/h6,9H,3-5,7-8H2,1-2H3. The summed E-state index contributed by atoms with van der Waals surface area (Å²) in [5.41, 5.74) is 10.9. The van der Waals surface area contributed by atoms with Gasteiger partial charge in [0.2, 0.25) is 0 Å². The Hall–Kier alpha value is -0.160. The van der Waals surface area contributed by atoms with Crippen LogP contribution in [0.15, 0.2) is 0 Å². The first-order chi connectivity index (χ1) is 4.66. The van der Waals surface area contributed by atoms with Crippen molar-refractivity contribution < 1.29 is 0 Å². The van der Waals surface area contributed by atoms with E-state index < -0.39 is 0 Å². The summed E-state index contributed by atoms with van der Waals surface area (Å²) < 4.78 is 0. The molecule has 5 N–H and O–H groups in total. The first-order valence-electron chi connectivity index (χ1n) is 3.50. The largest absolute Gasteiger partial charge is 0.329 e. The van der Waals surface area contributed by atoms with Crippen LogP contribution in [0.25, 0.3) is 0 Å². The molecule has 0 amide bonds. The molecular weight excluding hydrogens is 128 g/mol. The van der Waals surface area contributed by atoms with Gasteiger partial charge in [0, 0.05) is 19.6 Å². The number of hydrogen-bond donors (Lipinski definition) is 3. The van der Waals surface area contributed by atoms with Gasteiger partial charge in [0.15, 0.2) is 0 Å². The Morgan fingerprint density at radius 2 is 2.10 bits per heavy atom. The zero-order valence-corrected chi connectivity index (χ0v) is 6.80. The van der Waals surface area contributed by atoms with Crippen LogP contribution in [0.4, 0.5) is 0 Å². The maximum Gasteiger partial charge on any atom is 0.0677 e. The predicted molar refractivity (Wildman–Crippen MR) is 43.6 cm³/mol. The quantitative estimate of drug-likeness (QED) is 0.408. The molecule has 0 aromatic carbocycles. The molecule has 62 valence electrons. The summed E-state index contributed by atoms with van der Waals surface area (Å²) in [5, 5.41) is 3.07. The number of rotatable bonds is 5. The molecule has 0 saturated heterocycles. The monoisotopic (exact) mass is 146 g/mol. The molecule has 0 aliphatic carbocycles. The van der Waals surface area contributed by atoms with Crippen molar-refractivity contribution in [2.24, 2.45) is 11.5 Å². The van der Waals surface area contributed by atoms with E-state index in [-0.39, 0.29) is 6.17 Å². The van der Waals surface area contributed by atoms with Gasteiger partial charge >= 0.3 is 0 Å². The van der Waals surface area contributed by atoms with Crippen molar-refractivity contribution in [2.45, 2.75) is 6.17 Å². The lowest BCUT2D eigenvalue weighted by Gasteiger charge is -2.17. The number of hydrogen-bond acceptors (Lipinski definition) is 4. The van der Waals surface area contributed by atoms with E-state index in [9.17, 15) is 0 Å². The molecule has 1 unspecified atom stereocenters. The van der Waals surface area contributed by atoms with E-state index in [1.807, 2.05) is 19.0 Å². The lowest BCUT2D eigenvalue weighted by molar-refractivity contribution is 0.344. The minimum atomic E-state index is 0.0403. The maximum atomic E-state index is 5.65. The van der Waals surface area contributed by atoms with E-state index in [1.165, 1.54) is 0 Å². The second-order valence-electron chi connectivity index (χ2n) is 2.61. The summed E-state index contributed by atoms with van der Waals surface area (Å²) in [6, 6.07) is 0. The summed E-state index contributed by atoms with van der Waals surface area (Å²) >= 11 is 0. The summed E-state index contributed by atoms with van der Waals surface area (Å²) in [5.74, 6) is 0. The molecule has 0 radical (unpaired) electrons. The molecule has 0 fully saturated rings. The zero-order valence-electron chi connectivity index (χ0n) is 6.80. The Morgan fingerprint density at radius 3 is 2.50 bits per heavy atom. The van der Waals surface area contributed by atoms with Gasteiger partial charge in [-0.25, -0.2) is 0 Å². The molecule has 0 aliphatic rings. The van der Waals surface area contributed by atoms with Gasteiger partial charge in [-0.1, -0.05) is 0 Å². The van der Waals surface area contributed by atoms with Crippen molar-refractivity contribution in [1.29, 1.82) is 0 Å². The van der Waals surface area contributed by atoms with Gasteiger partial charge in [-0.2, -0.15) is 0 Å². The minimum Gasteiger partial charge on any atom is -0.329 e.